The number of carbonyl (C=O) groups is 4. The number of allylic oxidation sites excluding steroid dienone is 2. The van der Waals surface area contributed by atoms with Crippen LogP contribution in [0.25, 0.3) is 12.2 Å². The molecule has 0 fully saturated rings. The maximum atomic E-state index is 11.9. The SMILES string of the molecule is CCCCCCCCCCCCCC(=O)O.CCCCCCCCCCCCCC(=O)O.COc1cc(/C=C/C(=O)CC(=O)/C=C/c2ccc(O)c(OC)c2)ccc1O. The van der Waals surface area contributed by atoms with E-state index in [9.17, 15) is 29.4 Å². The number of carbonyl (C=O) groups excluding carboxylic acids is 2. The maximum absolute atomic E-state index is 11.9. The van der Waals surface area contributed by atoms with E-state index in [1.165, 1.54) is 154 Å². The van der Waals surface area contributed by atoms with Gasteiger partial charge in [0.2, 0.25) is 0 Å². The third-order valence-electron chi connectivity index (χ3n) is 9.67. The molecular weight excluding hydrogens is 749 g/mol. The summed E-state index contributed by atoms with van der Waals surface area (Å²) in [6.07, 6.45) is 34.2. The van der Waals surface area contributed by atoms with E-state index in [-0.39, 0.29) is 29.5 Å². The number of aliphatic carboxylic acids is 2. The number of hydrogen-bond acceptors (Lipinski definition) is 8. The molecule has 2 rings (SSSR count). The second kappa shape index (κ2) is 37.7. The minimum atomic E-state index is -0.657. The number of methoxy groups -OCH3 is 2. The lowest BCUT2D eigenvalue weighted by atomic mass is 10.1. The maximum Gasteiger partial charge on any atom is 0.303 e. The highest BCUT2D eigenvalue weighted by Crippen LogP contribution is 2.28. The van der Waals surface area contributed by atoms with Gasteiger partial charge in [-0.3, -0.25) is 19.2 Å². The van der Waals surface area contributed by atoms with Crippen molar-refractivity contribution in [1.29, 1.82) is 0 Å². The van der Waals surface area contributed by atoms with Gasteiger partial charge in [-0.2, -0.15) is 0 Å². The molecular formula is C49H76O10. The van der Waals surface area contributed by atoms with Gasteiger partial charge in [0.15, 0.2) is 34.6 Å². The lowest BCUT2D eigenvalue weighted by Gasteiger charge is -2.03. The van der Waals surface area contributed by atoms with Crippen LogP contribution in [-0.4, -0.2) is 58.2 Å². The highest BCUT2D eigenvalue weighted by Gasteiger charge is 2.06. The van der Waals surface area contributed by atoms with E-state index >= 15 is 0 Å². The molecule has 10 nitrogen and oxygen atoms in total. The third kappa shape index (κ3) is 33.0. The molecule has 0 saturated carbocycles. The molecule has 332 valence electrons. The van der Waals surface area contributed by atoms with Crippen molar-refractivity contribution in [3.63, 3.8) is 0 Å². The van der Waals surface area contributed by atoms with Gasteiger partial charge in [-0.25, -0.2) is 0 Å². The molecule has 0 heterocycles. The molecule has 0 atom stereocenters. The van der Waals surface area contributed by atoms with Gasteiger partial charge >= 0.3 is 11.9 Å². The summed E-state index contributed by atoms with van der Waals surface area (Å²) in [5.74, 6) is -1.40. The standard InChI is InChI=1S/C21H20O6.2C14H28O2/c1-26-20-11-14(5-9-18(20)24)3-7-16(22)13-17(23)8-4-15-6-10-19(25)21(12-15)27-2;2*1-2-3-4-5-6-7-8-9-10-11-12-13-14(15)16/h3-12,24-25H,13H2,1-2H3;2*2-13H2,1H3,(H,15,16)/b7-3+,8-4+;;. The fourth-order valence-corrected chi connectivity index (χ4v) is 6.14. The normalized spacial score (nSPS) is 10.8. The number of carboxylic acid groups (broad SMARTS) is 2. The first kappa shape index (κ1) is 54.4. The van der Waals surface area contributed by atoms with Crippen LogP contribution in [0.2, 0.25) is 0 Å². The van der Waals surface area contributed by atoms with Gasteiger partial charge in [0.25, 0.3) is 0 Å². The molecule has 4 N–H and O–H groups in total. The number of ether oxygens (including phenoxy) is 2. The van der Waals surface area contributed by atoms with Gasteiger partial charge in [0.1, 0.15) is 0 Å². The number of unbranched alkanes of at least 4 members (excludes halogenated alkanes) is 20. The Hall–Kier alpha value is -4.60. The van der Waals surface area contributed by atoms with Crippen molar-refractivity contribution >= 4 is 35.7 Å². The van der Waals surface area contributed by atoms with E-state index in [0.29, 0.717) is 35.5 Å². The average molecular weight is 825 g/mol. The topological polar surface area (TPSA) is 168 Å². The predicted octanol–water partition coefficient (Wildman–Crippen LogP) is 12.9. The van der Waals surface area contributed by atoms with Crippen LogP contribution in [0.4, 0.5) is 0 Å². The molecule has 0 aliphatic carbocycles. The van der Waals surface area contributed by atoms with E-state index < -0.39 is 11.9 Å². The second-order valence-electron chi connectivity index (χ2n) is 15.0. The van der Waals surface area contributed by atoms with Crippen LogP contribution in [0.5, 0.6) is 23.0 Å². The van der Waals surface area contributed by atoms with E-state index in [2.05, 4.69) is 13.8 Å². The summed E-state index contributed by atoms with van der Waals surface area (Å²) >= 11 is 0. The number of phenolic OH excluding ortho intramolecular Hbond substituents is 2. The first-order valence-corrected chi connectivity index (χ1v) is 22.1. The Morgan fingerprint density at radius 3 is 1.03 bits per heavy atom. The molecule has 0 amide bonds. The van der Waals surface area contributed by atoms with E-state index in [0.717, 1.165) is 25.7 Å². The van der Waals surface area contributed by atoms with E-state index in [4.69, 9.17) is 19.7 Å². The van der Waals surface area contributed by atoms with Crippen LogP contribution in [0.15, 0.2) is 48.6 Å². The summed E-state index contributed by atoms with van der Waals surface area (Å²) in [5, 5.41) is 36.0. The minimum Gasteiger partial charge on any atom is -0.504 e. The van der Waals surface area contributed by atoms with E-state index in [1.54, 1.807) is 36.4 Å². The van der Waals surface area contributed by atoms with Crippen molar-refractivity contribution in [3.8, 4) is 23.0 Å². The van der Waals surface area contributed by atoms with Crippen molar-refractivity contribution < 1.29 is 49.1 Å². The van der Waals surface area contributed by atoms with E-state index in [1.807, 2.05) is 0 Å². The molecule has 0 aliphatic rings. The lowest BCUT2D eigenvalue weighted by Crippen LogP contribution is -2.01. The number of ketones is 2. The number of aromatic hydroxyl groups is 2. The Kier molecular flexibility index (Phi) is 34.7. The molecule has 0 saturated heterocycles. The number of carboxylic acids is 2. The summed E-state index contributed by atoms with van der Waals surface area (Å²) in [5.41, 5.74) is 1.33. The number of benzene rings is 2. The van der Waals surface area contributed by atoms with Gasteiger partial charge in [-0.05, 0) is 60.4 Å². The average Bonchev–Trinajstić information content (AvgIpc) is 3.21. The molecule has 59 heavy (non-hydrogen) atoms. The molecule has 2 aromatic carbocycles. The van der Waals surface area contributed by atoms with Crippen LogP contribution in [-0.2, 0) is 19.2 Å². The third-order valence-corrected chi connectivity index (χ3v) is 9.67. The molecule has 0 unspecified atom stereocenters. The van der Waals surface area contributed by atoms with Crippen molar-refractivity contribution in [2.75, 3.05) is 14.2 Å². The Labute approximate surface area is 355 Å². The van der Waals surface area contributed by atoms with Crippen molar-refractivity contribution in [1.82, 2.24) is 0 Å². The quantitative estimate of drug-likeness (QED) is 0.0316. The summed E-state index contributed by atoms with van der Waals surface area (Å²) < 4.78 is 10.00. The van der Waals surface area contributed by atoms with Crippen molar-refractivity contribution in [2.45, 2.75) is 174 Å². The molecule has 2 aromatic rings. The van der Waals surface area contributed by atoms with Gasteiger partial charge < -0.3 is 29.9 Å². The fourth-order valence-electron chi connectivity index (χ4n) is 6.14. The van der Waals surface area contributed by atoms with Crippen LogP contribution >= 0.6 is 0 Å². The highest BCUT2D eigenvalue weighted by molar-refractivity contribution is 6.10. The Morgan fingerprint density at radius 2 is 0.763 bits per heavy atom. The Bertz CT molecular complexity index is 1370. The summed E-state index contributed by atoms with van der Waals surface area (Å²) in [7, 11) is 2.87. The van der Waals surface area contributed by atoms with Crippen LogP contribution in [0.1, 0.15) is 185 Å². The lowest BCUT2D eigenvalue weighted by molar-refractivity contribution is -0.138. The smallest absolute Gasteiger partial charge is 0.303 e. The molecule has 0 radical (unpaired) electrons. The molecule has 10 heteroatoms. The summed E-state index contributed by atoms with van der Waals surface area (Å²) in [6.45, 7) is 4.49. The molecule has 0 aromatic heterocycles. The number of rotatable bonds is 32. The number of phenols is 2. The Morgan fingerprint density at radius 1 is 0.475 bits per heavy atom. The van der Waals surface area contributed by atoms with Crippen LogP contribution in [0.3, 0.4) is 0 Å². The number of hydrogen-bond donors (Lipinski definition) is 4. The van der Waals surface area contributed by atoms with Gasteiger partial charge in [0, 0.05) is 12.8 Å². The fraction of sp³-hybridized carbons (Fsp3) is 0.592. The van der Waals surface area contributed by atoms with Crippen LogP contribution < -0.4 is 9.47 Å². The van der Waals surface area contributed by atoms with Crippen molar-refractivity contribution in [3.05, 3.63) is 59.7 Å². The zero-order valence-corrected chi connectivity index (χ0v) is 36.7. The van der Waals surface area contributed by atoms with Crippen molar-refractivity contribution in [2.24, 2.45) is 0 Å². The summed E-state index contributed by atoms with van der Waals surface area (Å²) in [6, 6.07) is 9.34. The zero-order chi connectivity index (χ0) is 43.9. The minimum absolute atomic E-state index is 0.00662. The zero-order valence-electron chi connectivity index (χ0n) is 36.7. The van der Waals surface area contributed by atoms with Crippen LogP contribution in [0, 0.1) is 0 Å². The molecule has 0 bridgehead atoms. The van der Waals surface area contributed by atoms with Gasteiger partial charge in [0.05, 0.1) is 20.6 Å². The second-order valence-corrected chi connectivity index (χ2v) is 15.0. The first-order chi connectivity index (χ1) is 28.5. The van der Waals surface area contributed by atoms with Gasteiger partial charge in [-0.15, -0.1) is 0 Å². The predicted molar refractivity (Wildman–Crippen MR) is 239 cm³/mol. The Balaban J connectivity index is 0.000000912. The monoisotopic (exact) mass is 825 g/mol. The molecule has 0 spiro atoms. The largest absolute Gasteiger partial charge is 0.504 e. The molecule has 0 aliphatic heterocycles. The summed E-state index contributed by atoms with van der Waals surface area (Å²) in [4.78, 5) is 44.4. The van der Waals surface area contributed by atoms with Gasteiger partial charge in [-0.1, -0.05) is 167 Å². The first-order valence-electron chi connectivity index (χ1n) is 22.1. The highest BCUT2D eigenvalue weighted by atomic mass is 16.5.